The molecule has 88 valence electrons. The lowest BCUT2D eigenvalue weighted by Crippen LogP contribution is -2.28. The summed E-state index contributed by atoms with van der Waals surface area (Å²) in [7, 11) is 0. The summed E-state index contributed by atoms with van der Waals surface area (Å²) in [6.07, 6.45) is 3.83. The van der Waals surface area contributed by atoms with Crippen LogP contribution in [0.4, 0.5) is 0 Å². The highest BCUT2D eigenvalue weighted by atomic mass is 16.4. The summed E-state index contributed by atoms with van der Waals surface area (Å²) in [5, 5.41) is 11.9. The van der Waals surface area contributed by atoms with Gasteiger partial charge in [-0.15, -0.1) is 6.58 Å². The van der Waals surface area contributed by atoms with Gasteiger partial charge in [-0.2, -0.15) is 0 Å². The van der Waals surface area contributed by atoms with Crippen molar-refractivity contribution < 1.29 is 9.90 Å². The van der Waals surface area contributed by atoms with Crippen molar-refractivity contribution >= 4 is 5.97 Å². The molecular weight excluding hydrogens is 190 g/mol. The van der Waals surface area contributed by atoms with Gasteiger partial charge in [0.25, 0.3) is 0 Å². The quantitative estimate of drug-likeness (QED) is 0.609. The fourth-order valence-electron chi connectivity index (χ4n) is 1.29. The Balaban J connectivity index is 3.73. The minimum atomic E-state index is -0.713. The van der Waals surface area contributed by atoms with Crippen molar-refractivity contribution in [1.29, 1.82) is 0 Å². The van der Waals surface area contributed by atoms with Gasteiger partial charge in [0.2, 0.25) is 0 Å². The van der Waals surface area contributed by atoms with Crippen molar-refractivity contribution in [1.82, 2.24) is 5.32 Å². The van der Waals surface area contributed by atoms with Gasteiger partial charge in [-0.25, -0.2) is 0 Å². The minimum Gasteiger partial charge on any atom is -0.481 e. The summed E-state index contributed by atoms with van der Waals surface area (Å²) in [6, 6.07) is 0.320. The number of nitrogens with one attached hydrogen (secondary N) is 1. The maximum absolute atomic E-state index is 10.4. The van der Waals surface area contributed by atoms with Gasteiger partial charge in [0.15, 0.2) is 0 Å². The summed E-state index contributed by atoms with van der Waals surface area (Å²) in [6.45, 7) is 10.9. The third-order valence-electron chi connectivity index (χ3n) is 2.64. The summed E-state index contributed by atoms with van der Waals surface area (Å²) >= 11 is 0. The maximum atomic E-state index is 10.4. The van der Waals surface area contributed by atoms with Crippen LogP contribution in [0.1, 0.15) is 40.0 Å². The van der Waals surface area contributed by atoms with E-state index in [0.717, 1.165) is 19.4 Å². The molecule has 0 aromatic heterocycles. The number of hydrogen-bond acceptors (Lipinski definition) is 2. The molecule has 0 aromatic rings. The molecule has 0 aromatic carbocycles. The Morgan fingerprint density at radius 2 is 2.13 bits per heavy atom. The standard InChI is InChI=1S/C12H23NO2/c1-5-10(2)13-9-8-12(3,4)7-6-11(14)15/h5,10,13H,1,6-9H2,2-4H3,(H,14,15). The van der Waals surface area contributed by atoms with Crippen molar-refractivity contribution in [2.45, 2.75) is 46.1 Å². The Kier molecular flexibility index (Phi) is 6.25. The van der Waals surface area contributed by atoms with E-state index in [0.29, 0.717) is 6.04 Å². The molecule has 3 nitrogen and oxygen atoms in total. The second-order valence-electron chi connectivity index (χ2n) is 4.79. The molecule has 1 atom stereocenters. The molecule has 0 fully saturated rings. The van der Waals surface area contributed by atoms with Crippen molar-refractivity contribution in [3.8, 4) is 0 Å². The number of hydrogen-bond donors (Lipinski definition) is 2. The van der Waals surface area contributed by atoms with E-state index in [2.05, 4.69) is 32.7 Å². The molecule has 0 aliphatic carbocycles. The van der Waals surface area contributed by atoms with Crippen LogP contribution in [-0.4, -0.2) is 23.7 Å². The fourth-order valence-corrected chi connectivity index (χ4v) is 1.29. The Morgan fingerprint density at radius 1 is 1.53 bits per heavy atom. The SMILES string of the molecule is C=CC(C)NCCC(C)(C)CCC(=O)O. The highest BCUT2D eigenvalue weighted by molar-refractivity contribution is 5.66. The van der Waals surface area contributed by atoms with Gasteiger partial charge in [0, 0.05) is 12.5 Å². The Hall–Kier alpha value is -0.830. The molecule has 2 N–H and O–H groups in total. The third-order valence-corrected chi connectivity index (χ3v) is 2.64. The van der Waals surface area contributed by atoms with E-state index in [1.165, 1.54) is 0 Å². The highest BCUT2D eigenvalue weighted by Gasteiger charge is 2.18. The van der Waals surface area contributed by atoms with Gasteiger partial charge in [-0.05, 0) is 31.7 Å². The van der Waals surface area contributed by atoms with E-state index in [-0.39, 0.29) is 11.8 Å². The number of rotatable bonds is 8. The molecule has 0 rings (SSSR count). The van der Waals surface area contributed by atoms with Gasteiger partial charge >= 0.3 is 5.97 Å². The molecule has 0 radical (unpaired) electrons. The Morgan fingerprint density at radius 3 is 2.60 bits per heavy atom. The predicted octanol–water partition coefficient (Wildman–Crippen LogP) is 2.43. The Bertz CT molecular complexity index is 212. The largest absolute Gasteiger partial charge is 0.481 e. The average Bonchev–Trinajstić information content (AvgIpc) is 2.14. The minimum absolute atomic E-state index is 0.0896. The lowest BCUT2D eigenvalue weighted by atomic mass is 9.84. The van der Waals surface area contributed by atoms with E-state index in [1.54, 1.807) is 0 Å². The molecule has 0 saturated heterocycles. The molecule has 0 saturated carbocycles. The summed E-state index contributed by atoms with van der Waals surface area (Å²) in [4.78, 5) is 10.4. The van der Waals surface area contributed by atoms with Crippen molar-refractivity contribution in [2.24, 2.45) is 5.41 Å². The van der Waals surface area contributed by atoms with Crippen LogP contribution in [0.25, 0.3) is 0 Å². The van der Waals surface area contributed by atoms with Crippen LogP contribution in [0.5, 0.6) is 0 Å². The number of carboxylic acids is 1. The molecule has 3 heteroatoms. The molecule has 0 heterocycles. The van der Waals surface area contributed by atoms with Gasteiger partial charge in [0.1, 0.15) is 0 Å². The van der Waals surface area contributed by atoms with Crippen LogP contribution in [-0.2, 0) is 4.79 Å². The van der Waals surface area contributed by atoms with Crippen LogP contribution in [0.2, 0.25) is 0 Å². The predicted molar refractivity (Wildman–Crippen MR) is 62.9 cm³/mol. The third kappa shape index (κ3) is 8.18. The van der Waals surface area contributed by atoms with E-state index in [9.17, 15) is 4.79 Å². The maximum Gasteiger partial charge on any atom is 0.303 e. The van der Waals surface area contributed by atoms with Gasteiger partial charge < -0.3 is 10.4 Å². The molecule has 1 unspecified atom stereocenters. The molecule has 0 spiro atoms. The molecular formula is C12H23NO2. The first-order chi connectivity index (χ1) is 6.87. The lowest BCUT2D eigenvalue weighted by molar-refractivity contribution is -0.137. The normalized spacial score (nSPS) is 13.5. The second kappa shape index (κ2) is 6.62. The van der Waals surface area contributed by atoms with Crippen molar-refractivity contribution in [3.63, 3.8) is 0 Å². The summed E-state index contributed by atoms with van der Waals surface area (Å²) in [5.74, 6) is -0.713. The summed E-state index contributed by atoms with van der Waals surface area (Å²) < 4.78 is 0. The van der Waals surface area contributed by atoms with Crippen LogP contribution < -0.4 is 5.32 Å². The van der Waals surface area contributed by atoms with E-state index >= 15 is 0 Å². The molecule has 0 bridgehead atoms. The van der Waals surface area contributed by atoms with Crippen molar-refractivity contribution in [3.05, 3.63) is 12.7 Å². The lowest BCUT2D eigenvalue weighted by Gasteiger charge is -2.24. The molecule has 0 amide bonds. The van der Waals surface area contributed by atoms with Crippen LogP contribution in [0.15, 0.2) is 12.7 Å². The van der Waals surface area contributed by atoms with Crippen LogP contribution in [0, 0.1) is 5.41 Å². The zero-order chi connectivity index (χ0) is 11.9. The first kappa shape index (κ1) is 14.2. The number of carboxylic acid groups (broad SMARTS) is 1. The molecule has 0 aliphatic heterocycles. The number of aliphatic carboxylic acids is 1. The monoisotopic (exact) mass is 213 g/mol. The van der Waals surface area contributed by atoms with Gasteiger partial charge in [-0.3, -0.25) is 4.79 Å². The zero-order valence-electron chi connectivity index (χ0n) is 10.0. The first-order valence-corrected chi connectivity index (χ1v) is 5.45. The van der Waals surface area contributed by atoms with E-state index in [4.69, 9.17) is 5.11 Å². The van der Waals surface area contributed by atoms with Gasteiger partial charge in [-0.1, -0.05) is 19.9 Å². The topological polar surface area (TPSA) is 49.3 Å². The zero-order valence-corrected chi connectivity index (χ0v) is 10.0. The van der Waals surface area contributed by atoms with E-state index < -0.39 is 5.97 Å². The Labute approximate surface area is 92.6 Å². The van der Waals surface area contributed by atoms with Gasteiger partial charge in [0.05, 0.1) is 0 Å². The number of carbonyl (C=O) groups is 1. The average molecular weight is 213 g/mol. The second-order valence-corrected chi connectivity index (χ2v) is 4.79. The van der Waals surface area contributed by atoms with Crippen LogP contribution in [0.3, 0.4) is 0 Å². The first-order valence-electron chi connectivity index (χ1n) is 5.45. The fraction of sp³-hybridized carbons (Fsp3) is 0.750. The molecule has 0 aliphatic rings. The van der Waals surface area contributed by atoms with Crippen LogP contribution >= 0.6 is 0 Å². The molecule has 15 heavy (non-hydrogen) atoms. The van der Waals surface area contributed by atoms with E-state index in [1.807, 2.05) is 6.08 Å². The highest BCUT2D eigenvalue weighted by Crippen LogP contribution is 2.25. The van der Waals surface area contributed by atoms with Crippen molar-refractivity contribution in [2.75, 3.05) is 6.54 Å². The summed E-state index contributed by atoms with van der Waals surface area (Å²) in [5.41, 5.74) is 0.0896. The smallest absolute Gasteiger partial charge is 0.303 e.